The molecule has 14 nitrogen and oxygen atoms in total. The largest absolute Gasteiger partial charge is 0.453 e. The van der Waals surface area contributed by atoms with E-state index in [2.05, 4.69) is 39.4 Å². The fourth-order valence-electron chi connectivity index (χ4n) is 7.82. The van der Waals surface area contributed by atoms with Crippen molar-refractivity contribution in [2.45, 2.75) is 91.4 Å². The van der Waals surface area contributed by atoms with Crippen LogP contribution in [0.4, 0.5) is 9.59 Å². The van der Waals surface area contributed by atoms with Gasteiger partial charge in [-0.05, 0) is 90.7 Å². The van der Waals surface area contributed by atoms with Crippen LogP contribution < -0.4 is 10.6 Å². The topological polar surface area (TPSA) is 175 Å². The van der Waals surface area contributed by atoms with Crippen molar-refractivity contribution >= 4 is 35.0 Å². The Balaban J connectivity index is 1.03. The van der Waals surface area contributed by atoms with E-state index in [4.69, 9.17) is 19.4 Å². The highest BCUT2D eigenvalue weighted by Gasteiger charge is 2.55. The van der Waals surface area contributed by atoms with Crippen LogP contribution in [-0.2, 0) is 25.6 Å². The van der Waals surface area contributed by atoms with Gasteiger partial charge >= 0.3 is 12.2 Å². The number of aromatic nitrogens is 4. The Kier molecular flexibility index (Phi) is 11.3. The SMILES string of the molecule is COC(=O)N[C@H](C(=O)N(Cc1nc2ccc(C#Cc3ccc(-c4cnc([C@@H]5CC6(CC6)CN5C(=O)[C@@H](NC(=O)OC)C(C)C)[nH]4)cc3)cc2[nH]1)CC1(C)CC1)C(C)C. The average Bonchev–Trinajstić information content (AvgIpc) is 3.91. The Bertz CT molecular complexity index is 2240. The van der Waals surface area contributed by atoms with Crippen molar-refractivity contribution < 1.29 is 28.7 Å². The molecule has 3 heterocycles. The van der Waals surface area contributed by atoms with Crippen molar-refractivity contribution in [2.75, 3.05) is 27.3 Å². The van der Waals surface area contributed by atoms with Crippen LogP contribution in [0.3, 0.4) is 0 Å². The molecule has 1 saturated heterocycles. The highest BCUT2D eigenvalue weighted by molar-refractivity contribution is 5.87. The number of H-pyrrole nitrogens is 2. The second-order valence-electron chi connectivity index (χ2n) is 17.3. The monoisotopic (exact) mass is 790 g/mol. The highest BCUT2D eigenvalue weighted by Crippen LogP contribution is 2.58. The highest BCUT2D eigenvalue weighted by atomic mass is 16.5. The summed E-state index contributed by atoms with van der Waals surface area (Å²) in [4.78, 5) is 71.8. The summed E-state index contributed by atoms with van der Waals surface area (Å²) in [5.41, 5.74) is 5.22. The quantitative estimate of drug-likeness (QED) is 0.121. The molecule has 0 unspecified atom stereocenters. The van der Waals surface area contributed by atoms with Gasteiger partial charge in [-0.1, -0.05) is 58.6 Å². The summed E-state index contributed by atoms with van der Waals surface area (Å²) in [5, 5.41) is 5.45. The molecule has 1 spiro atoms. The second-order valence-corrected chi connectivity index (χ2v) is 17.3. The van der Waals surface area contributed by atoms with Gasteiger partial charge in [0.25, 0.3) is 0 Å². The summed E-state index contributed by atoms with van der Waals surface area (Å²) in [6.07, 6.45) is 5.64. The molecule has 2 aromatic heterocycles. The van der Waals surface area contributed by atoms with E-state index in [1.807, 2.05) is 75.1 Å². The second kappa shape index (κ2) is 16.2. The molecule has 4 N–H and O–H groups in total. The van der Waals surface area contributed by atoms with Gasteiger partial charge in [0, 0.05) is 24.2 Å². The van der Waals surface area contributed by atoms with E-state index in [1.54, 1.807) is 11.1 Å². The lowest BCUT2D eigenvalue weighted by Crippen LogP contribution is -2.52. The molecule has 58 heavy (non-hydrogen) atoms. The summed E-state index contributed by atoms with van der Waals surface area (Å²) in [6, 6.07) is 12.1. The zero-order valence-electron chi connectivity index (χ0n) is 34.4. The van der Waals surface area contributed by atoms with Gasteiger partial charge in [0.1, 0.15) is 23.7 Å². The van der Waals surface area contributed by atoms with Gasteiger partial charge in [-0.3, -0.25) is 9.59 Å². The summed E-state index contributed by atoms with van der Waals surface area (Å²) in [5.74, 6) is 7.41. The molecule has 0 radical (unpaired) electrons. The lowest BCUT2D eigenvalue weighted by molar-refractivity contribution is -0.136. The number of carbonyl (C=O) groups is 4. The lowest BCUT2D eigenvalue weighted by atomic mass is 10.0. The normalized spacial score (nSPS) is 18.4. The van der Waals surface area contributed by atoms with Gasteiger partial charge in [-0.25, -0.2) is 19.6 Å². The standard InChI is InChI=1S/C44H54N8O6/c1-26(2)36(49-41(55)57-6)39(53)51(24-43(5)16-17-43)23-35-46-31-15-12-29(20-32(31)47-35)9-8-28-10-13-30(14-11-28)33-22-45-38(48-33)34-21-44(18-19-44)25-52(34)40(54)37(27(3)4)50-42(56)58-7/h10-15,20,22,26-27,34,36-37H,16-19,21,23-25H2,1-7H3,(H,45,48)(H,46,47)(H,49,55)(H,50,56)/t34-,36-,37-/m0/s1. The number of ether oxygens (including phenoxy) is 2. The van der Waals surface area contributed by atoms with Crippen LogP contribution in [-0.4, -0.2) is 93.1 Å². The Hall–Kier alpha value is -5.84. The molecule has 3 fully saturated rings. The molecule has 2 aromatic carbocycles. The minimum absolute atomic E-state index is 0.0550. The van der Waals surface area contributed by atoms with Crippen LogP contribution in [0.1, 0.15) is 95.5 Å². The van der Waals surface area contributed by atoms with Gasteiger partial charge < -0.3 is 39.9 Å². The first-order valence-corrected chi connectivity index (χ1v) is 20.1. The maximum absolute atomic E-state index is 13.8. The number of benzene rings is 2. The predicted molar refractivity (Wildman–Crippen MR) is 218 cm³/mol. The van der Waals surface area contributed by atoms with Gasteiger partial charge in [-0.2, -0.15) is 0 Å². The number of fused-ring (bicyclic) bond motifs is 1. The Morgan fingerprint density at radius 2 is 1.53 bits per heavy atom. The molecular formula is C44H54N8O6. The number of rotatable bonds is 12. The van der Waals surface area contributed by atoms with Crippen LogP contribution in [0.2, 0.25) is 0 Å². The number of amides is 4. The number of hydrogen-bond donors (Lipinski definition) is 4. The van der Waals surface area contributed by atoms with E-state index >= 15 is 0 Å². The van der Waals surface area contributed by atoms with E-state index < -0.39 is 24.3 Å². The maximum Gasteiger partial charge on any atom is 0.407 e. The number of hydrogen-bond acceptors (Lipinski definition) is 8. The first kappa shape index (κ1) is 40.4. The van der Waals surface area contributed by atoms with Crippen LogP contribution in [0, 0.1) is 34.5 Å². The molecular weight excluding hydrogens is 737 g/mol. The van der Waals surface area contributed by atoms with E-state index in [1.165, 1.54) is 14.2 Å². The third-order valence-electron chi connectivity index (χ3n) is 11.8. The molecule has 306 valence electrons. The zero-order chi connectivity index (χ0) is 41.4. The number of aromatic amines is 2. The van der Waals surface area contributed by atoms with Crippen molar-refractivity contribution in [3.8, 4) is 23.1 Å². The zero-order valence-corrected chi connectivity index (χ0v) is 34.4. The van der Waals surface area contributed by atoms with Crippen LogP contribution >= 0.6 is 0 Å². The first-order chi connectivity index (χ1) is 27.7. The lowest BCUT2D eigenvalue weighted by Gasteiger charge is -2.31. The van der Waals surface area contributed by atoms with Crippen LogP contribution in [0.15, 0.2) is 48.7 Å². The number of imidazole rings is 2. The molecule has 1 aliphatic heterocycles. The van der Waals surface area contributed by atoms with Gasteiger partial charge in [0.15, 0.2) is 0 Å². The summed E-state index contributed by atoms with van der Waals surface area (Å²) >= 11 is 0. The van der Waals surface area contributed by atoms with Crippen molar-refractivity contribution in [2.24, 2.45) is 22.7 Å². The predicted octanol–water partition coefficient (Wildman–Crippen LogP) is 6.30. The summed E-state index contributed by atoms with van der Waals surface area (Å²) in [6.45, 7) is 11.3. The number of nitrogens with one attached hydrogen (secondary N) is 4. The van der Waals surface area contributed by atoms with Crippen molar-refractivity contribution in [1.29, 1.82) is 0 Å². The Morgan fingerprint density at radius 1 is 0.897 bits per heavy atom. The van der Waals surface area contributed by atoms with E-state index in [-0.39, 0.29) is 47.1 Å². The molecule has 2 saturated carbocycles. The van der Waals surface area contributed by atoms with Crippen molar-refractivity contribution in [3.05, 3.63) is 71.4 Å². The third-order valence-corrected chi connectivity index (χ3v) is 11.8. The molecule has 0 bridgehead atoms. The van der Waals surface area contributed by atoms with Crippen LogP contribution in [0.5, 0.6) is 0 Å². The van der Waals surface area contributed by atoms with Gasteiger partial charge in [0.2, 0.25) is 11.8 Å². The fourth-order valence-corrected chi connectivity index (χ4v) is 7.82. The molecule has 2 aliphatic carbocycles. The van der Waals surface area contributed by atoms with E-state index in [0.29, 0.717) is 18.9 Å². The number of nitrogens with zero attached hydrogens (tertiary/aromatic N) is 4. The smallest absolute Gasteiger partial charge is 0.407 e. The van der Waals surface area contributed by atoms with Gasteiger partial charge in [0.05, 0.1) is 49.7 Å². The summed E-state index contributed by atoms with van der Waals surface area (Å²) in [7, 11) is 2.59. The van der Waals surface area contributed by atoms with E-state index in [0.717, 1.165) is 71.3 Å². The molecule has 4 amide bonds. The van der Waals surface area contributed by atoms with Crippen molar-refractivity contribution in [1.82, 2.24) is 40.4 Å². The van der Waals surface area contributed by atoms with Crippen molar-refractivity contribution in [3.63, 3.8) is 0 Å². The minimum atomic E-state index is -0.719. The fraction of sp³-hybridized carbons (Fsp3) is 0.500. The average molecular weight is 791 g/mol. The minimum Gasteiger partial charge on any atom is -0.453 e. The molecule has 4 aromatic rings. The van der Waals surface area contributed by atoms with E-state index in [9.17, 15) is 19.2 Å². The number of alkyl carbamates (subject to hydrolysis) is 2. The number of likely N-dealkylation sites (tertiary alicyclic amines) is 1. The first-order valence-electron chi connectivity index (χ1n) is 20.1. The van der Waals surface area contributed by atoms with Gasteiger partial charge in [-0.15, -0.1) is 0 Å². The molecule has 7 rings (SSSR count). The Morgan fingerprint density at radius 3 is 2.16 bits per heavy atom. The number of carbonyl (C=O) groups excluding carboxylic acids is 4. The third kappa shape index (κ3) is 8.98. The maximum atomic E-state index is 13.8. The van der Waals surface area contributed by atoms with Crippen LogP contribution in [0.25, 0.3) is 22.3 Å². The molecule has 3 atom stereocenters. The Labute approximate surface area is 339 Å². The molecule has 14 heteroatoms. The summed E-state index contributed by atoms with van der Waals surface area (Å²) < 4.78 is 9.59. The number of methoxy groups -OCH3 is 2. The molecule has 3 aliphatic rings.